The highest BCUT2D eigenvalue weighted by atomic mass is 32.2. The summed E-state index contributed by atoms with van der Waals surface area (Å²) < 4.78 is 30.6. The van der Waals surface area contributed by atoms with E-state index in [2.05, 4.69) is 22.0 Å². The lowest BCUT2D eigenvalue weighted by Crippen LogP contribution is -2.48. The number of fused-ring (bicyclic) bond motifs is 1. The number of anilines is 1. The van der Waals surface area contributed by atoms with E-state index >= 15 is 0 Å². The highest BCUT2D eigenvalue weighted by Crippen LogP contribution is 2.28. The topological polar surface area (TPSA) is 75.1 Å². The van der Waals surface area contributed by atoms with E-state index < -0.39 is 10.0 Å². The second kappa shape index (κ2) is 7.52. The first-order valence-electron chi connectivity index (χ1n) is 9.43. The maximum absolute atomic E-state index is 11.7. The smallest absolute Gasteiger partial charge is 0.211 e. The first-order valence-corrected chi connectivity index (χ1v) is 11.3. The SMILES string of the molecule is CCOc1ccc2c(c1)C(c1ccnc(N3CCN(S(C)(=O)=O)CC3)c1)=NC2. The van der Waals surface area contributed by atoms with Crippen LogP contribution in [0.3, 0.4) is 0 Å². The highest BCUT2D eigenvalue weighted by Gasteiger charge is 2.25. The maximum atomic E-state index is 11.7. The van der Waals surface area contributed by atoms with Gasteiger partial charge in [0.25, 0.3) is 0 Å². The molecular formula is C20H24N4O3S. The van der Waals surface area contributed by atoms with E-state index in [0.717, 1.165) is 28.4 Å². The van der Waals surface area contributed by atoms with Gasteiger partial charge in [0.1, 0.15) is 11.6 Å². The van der Waals surface area contributed by atoms with Crippen molar-refractivity contribution in [2.24, 2.45) is 4.99 Å². The van der Waals surface area contributed by atoms with Crippen molar-refractivity contribution in [1.29, 1.82) is 0 Å². The number of hydrogen-bond donors (Lipinski definition) is 0. The Hall–Kier alpha value is -2.45. The summed E-state index contributed by atoms with van der Waals surface area (Å²) in [6.07, 6.45) is 3.05. The van der Waals surface area contributed by atoms with Gasteiger partial charge in [0.05, 0.1) is 25.1 Å². The Morgan fingerprint density at radius 2 is 1.89 bits per heavy atom. The molecule has 1 saturated heterocycles. The molecule has 2 aliphatic heterocycles. The zero-order valence-electron chi connectivity index (χ0n) is 16.1. The number of nitrogens with zero attached hydrogens (tertiary/aromatic N) is 4. The minimum atomic E-state index is -3.14. The predicted octanol–water partition coefficient (Wildman–Crippen LogP) is 1.91. The quantitative estimate of drug-likeness (QED) is 0.766. The summed E-state index contributed by atoms with van der Waals surface area (Å²) in [6, 6.07) is 10.1. The van der Waals surface area contributed by atoms with Gasteiger partial charge in [0, 0.05) is 43.5 Å². The van der Waals surface area contributed by atoms with Crippen molar-refractivity contribution in [2.45, 2.75) is 13.5 Å². The van der Waals surface area contributed by atoms with Gasteiger partial charge >= 0.3 is 0 Å². The number of sulfonamides is 1. The highest BCUT2D eigenvalue weighted by molar-refractivity contribution is 7.88. The second-order valence-corrected chi connectivity index (χ2v) is 8.95. The van der Waals surface area contributed by atoms with Gasteiger partial charge in [-0.05, 0) is 36.8 Å². The molecule has 0 saturated carbocycles. The molecule has 0 radical (unpaired) electrons. The van der Waals surface area contributed by atoms with Crippen LogP contribution in [0.1, 0.15) is 23.6 Å². The molecule has 148 valence electrons. The van der Waals surface area contributed by atoms with E-state index in [1.54, 1.807) is 6.20 Å². The van der Waals surface area contributed by atoms with E-state index in [1.807, 2.05) is 25.1 Å². The minimum Gasteiger partial charge on any atom is -0.494 e. The Morgan fingerprint density at radius 3 is 2.61 bits per heavy atom. The van der Waals surface area contributed by atoms with Crippen molar-refractivity contribution < 1.29 is 13.2 Å². The molecule has 0 amide bonds. The number of ether oxygens (including phenoxy) is 1. The van der Waals surface area contributed by atoms with Gasteiger partial charge in [-0.2, -0.15) is 4.31 Å². The van der Waals surface area contributed by atoms with Crippen molar-refractivity contribution in [3.8, 4) is 5.75 Å². The Kier molecular flexibility index (Phi) is 5.07. The molecule has 7 nitrogen and oxygen atoms in total. The molecule has 0 aliphatic carbocycles. The Labute approximate surface area is 165 Å². The minimum absolute atomic E-state index is 0.478. The summed E-state index contributed by atoms with van der Waals surface area (Å²) in [7, 11) is -3.14. The van der Waals surface area contributed by atoms with E-state index in [9.17, 15) is 8.42 Å². The third-order valence-electron chi connectivity index (χ3n) is 5.11. The molecule has 1 fully saturated rings. The van der Waals surface area contributed by atoms with Crippen LogP contribution in [-0.2, 0) is 16.6 Å². The molecule has 0 bridgehead atoms. The third-order valence-corrected chi connectivity index (χ3v) is 6.41. The summed E-state index contributed by atoms with van der Waals surface area (Å²) in [5.41, 5.74) is 4.27. The zero-order chi connectivity index (χ0) is 19.7. The number of aliphatic imine (C=N–C) groups is 1. The van der Waals surface area contributed by atoms with Gasteiger partial charge < -0.3 is 9.64 Å². The molecule has 4 rings (SSSR count). The number of aromatic nitrogens is 1. The predicted molar refractivity (Wildman–Crippen MR) is 110 cm³/mol. The van der Waals surface area contributed by atoms with E-state index in [0.29, 0.717) is 39.3 Å². The lowest BCUT2D eigenvalue weighted by atomic mass is 10.0. The molecule has 0 atom stereocenters. The van der Waals surface area contributed by atoms with Crippen molar-refractivity contribution in [2.75, 3.05) is 43.9 Å². The summed E-state index contributed by atoms with van der Waals surface area (Å²) in [4.78, 5) is 11.4. The summed E-state index contributed by atoms with van der Waals surface area (Å²) in [5.74, 6) is 1.70. The number of hydrogen-bond acceptors (Lipinski definition) is 6. The summed E-state index contributed by atoms with van der Waals surface area (Å²) in [5, 5.41) is 0. The van der Waals surface area contributed by atoms with Crippen molar-refractivity contribution in [3.63, 3.8) is 0 Å². The van der Waals surface area contributed by atoms with Crippen LogP contribution in [0.15, 0.2) is 41.5 Å². The van der Waals surface area contributed by atoms with Gasteiger partial charge in [0.2, 0.25) is 10.0 Å². The zero-order valence-corrected chi connectivity index (χ0v) is 16.9. The Morgan fingerprint density at radius 1 is 1.11 bits per heavy atom. The van der Waals surface area contributed by atoms with Crippen LogP contribution in [0.5, 0.6) is 5.75 Å². The van der Waals surface area contributed by atoms with Gasteiger partial charge in [0.15, 0.2) is 0 Å². The Balaban J connectivity index is 1.56. The molecule has 1 aromatic heterocycles. The molecule has 2 aliphatic rings. The lowest BCUT2D eigenvalue weighted by molar-refractivity contribution is 0.340. The summed E-state index contributed by atoms with van der Waals surface area (Å²) >= 11 is 0. The van der Waals surface area contributed by atoms with Crippen LogP contribution in [0.25, 0.3) is 0 Å². The third kappa shape index (κ3) is 3.74. The molecule has 0 spiro atoms. The van der Waals surface area contributed by atoms with E-state index in [-0.39, 0.29) is 0 Å². The largest absolute Gasteiger partial charge is 0.494 e. The monoisotopic (exact) mass is 400 g/mol. The average molecular weight is 401 g/mol. The fraction of sp³-hybridized carbons (Fsp3) is 0.400. The normalized spacial score (nSPS) is 17.4. The lowest BCUT2D eigenvalue weighted by Gasteiger charge is -2.34. The number of benzene rings is 1. The molecule has 2 aromatic rings. The number of piperazine rings is 1. The molecule has 0 N–H and O–H groups in total. The van der Waals surface area contributed by atoms with Crippen molar-refractivity contribution in [1.82, 2.24) is 9.29 Å². The summed E-state index contributed by atoms with van der Waals surface area (Å²) in [6.45, 7) is 5.48. The maximum Gasteiger partial charge on any atom is 0.211 e. The van der Waals surface area contributed by atoms with Gasteiger partial charge in [-0.25, -0.2) is 13.4 Å². The molecular weight excluding hydrogens is 376 g/mol. The first kappa shape index (κ1) is 18.9. The van der Waals surface area contributed by atoms with Crippen LogP contribution in [0, 0.1) is 0 Å². The first-order chi connectivity index (χ1) is 13.5. The van der Waals surface area contributed by atoms with Gasteiger partial charge in [-0.3, -0.25) is 4.99 Å². The molecule has 0 unspecified atom stereocenters. The van der Waals surface area contributed by atoms with Crippen LogP contribution >= 0.6 is 0 Å². The fourth-order valence-electron chi connectivity index (χ4n) is 3.65. The van der Waals surface area contributed by atoms with Gasteiger partial charge in [-0.15, -0.1) is 0 Å². The van der Waals surface area contributed by atoms with Crippen molar-refractivity contribution >= 4 is 21.6 Å². The second-order valence-electron chi connectivity index (χ2n) is 6.97. The van der Waals surface area contributed by atoms with Crippen LogP contribution in [-0.4, -0.2) is 62.5 Å². The Bertz CT molecular complexity index is 1010. The molecule has 3 heterocycles. The standard InChI is InChI=1S/C20H24N4O3S/c1-3-27-17-5-4-16-14-22-20(18(16)13-17)15-6-7-21-19(12-15)23-8-10-24(11-9-23)28(2,25)26/h4-7,12-13H,3,8-11,14H2,1-2H3. The number of rotatable bonds is 5. The van der Waals surface area contributed by atoms with E-state index in [1.165, 1.54) is 16.1 Å². The van der Waals surface area contributed by atoms with Crippen LogP contribution in [0.2, 0.25) is 0 Å². The average Bonchev–Trinajstić information content (AvgIpc) is 3.11. The number of pyridine rings is 1. The van der Waals surface area contributed by atoms with E-state index in [4.69, 9.17) is 9.73 Å². The van der Waals surface area contributed by atoms with Crippen molar-refractivity contribution in [3.05, 3.63) is 53.2 Å². The molecule has 1 aromatic carbocycles. The van der Waals surface area contributed by atoms with Crippen LogP contribution in [0.4, 0.5) is 5.82 Å². The van der Waals surface area contributed by atoms with Gasteiger partial charge in [-0.1, -0.05) is 6.07 Å². The van der Waals surface area contributed by atoms with Crippen LogP contribution < -0.4 is 9.64 Å². The molecule has 8 heteroatoms. The fourth-order valence-corrected chi connectivity index (χ4v) is 4.48. The molecule has 28 heavy (non-hydrogen) atoms.